The molecule has 0 saturated carbocycles. The summed E-state index contributed by atoms with van der Waals surface area (Å²) in [5.41, 5.74) is 1.43. The minimum absolute atomic E-state index is 0.0200. The van der Waals surface area contributed by atoms with E-state index >= 15 is 0 Å². The minimum atomic E-state index is -4.13. The second-order valence-corrected chi connectivity index (χ2v) is 11.5. The minimum Gasteiger partial charge on any atom is -0.495 e. The van der Waals surface area contributed by atoms with Crippen molar-refractivity contribution in [3.8, 4) is 5.75 Å². The highest BCUT2D eigenvalue weighted by atomic mass is 35.5. The number of aryl methyl sites for hydroxylation is 1. The number of ether oxygens (including phenoxy) is 2. The highest BCUT2D eigenvalue weighted by Gasteiger charge is 2.30. The molecule has 11 heteroatoms. The van der Waals surface area contributed by atoms with E-state index in [0.717, 1.165) is 40.4 Å². The summed E-state index contributed by atoms with van der Waals surface area (Å²) in [5.74, 6) is -0.764. The standard InChI is InChI=1S/C25H25ClN2O6S2/c1-33-20-13-12-16(14-19(20)26)28(36(31,32)17-8-4-3-5-9-17)15-22(29)27-24-23(25(30)34-2)18-10-6-7-11-21(18)35-24/h3-5,8-9,12-14H,6-7,10-11,15H2,1-2H3,(H,27,29). The number of anilines is 2. The van der Waals surface area contributed by atoms with Crippen LogP contribution in [0.25, 0.3) is 0 Å². The van der Waals surface area contributed by atoms with E-state index in [1.165, 1.54) is 55.9 Å². The van der Waals surface area contributed by atoms with Gasteiger partial charge in [0.1, 0.15) is 17.3 Å². The monoisotopic (exact) mass is 548 g/mol. The molecule has 2 aromatic carbocycles. The number of sulfonamides is 1. The van der Waals surface area contributed by atoms with E-state index in [2.05, 4.69) is 5.32 Å². The Hall–Kier alpha value is -3.08. The van der Waals surface area contributed by atoms with Crippen molar-refractivity contribution in [3.05, 3.63) is 69.6 Å². The fraction of sp³-hybridized carbons (Fsp3) is 0.280. The number of esters is 1. The van der Waals surface area contributed by atoms with Crippen molar-refractivity contribution < 1.29 is 27.5 Å². The molecule has 1 N–H and O–H groups in total. The molecule has 190 valence electrons. The predicted molar refractivity (Wildman–Crippen MR) is 140 cm³/mol. The summed E-state index contributed by atoms with van der Waals surface area (Å²) in [5, 5.41) is 3.32. The number of hydrogen-bond acceptors (Lipinski definition) is 7. The van der Waals surface area contributed by atoms with Crippen LogP contribution in [0.15, 0.2) is 53.4 Å². The van der Waals surface area contributed by atoms with Crippen LogP contribution in [0.5, 0.6) is 5.75 Å². The lowest BCUT2D eigenvalue weighted by atomic mass is 9.95. The molecule has 4 rings (SSSR count). The van der Waals surface area contributed by atoms with Crippen molar-refractivity contribution in [1.82, 2.24) is 0 Å². The van der Waals surface area contributed by atoms with E-state index in [0.29, 0.717) is 16.3 Å². The number of carbonyl (C=O) groups excluding carboxylic acids is 2. The van der Waals surface area contributed by atoms with Crippen LogP contribution in [0.1, 0.15) is 33.6 Å². The third-order valence-corrected chi connectivity index (χ3v) is 9.15. The summed E-state index contributed by atoms with van der Waals surface area (Å²) >= 11 is 7.60. The van der Waals surface area contributed by atoms with Gasteiger partial charge in [-0.25, -0.2) is 13.2 Å². The maximum atomic E-state index is 13.6. The molecule has 1 aromatic heterocycles. The first-order chi connectivity index (χ1) is 17.3. The summed E-state index contributed by atoms with van der Waals surface area (Å²) < 4.78 is 38.3. The van der Waals surface area contributed by atoms with Crippen molar-refractivity contribution in [3.63, 3.8) is 0 Å². The zero-order valence-electron chi connectivity index (χ0n) is 19.7. The van der Waals surface area contributed by atoms with Gasteiger partial charge in [-0.05, 0) is 61.6 Å². The molecule has 1 aliphatic rings. The number of fused-ring (bicyclic) bond motifs is 1. The van der Waals surface area contributed by atoms with Gasteiger partial charge in [0, 0.05) is 4.88 Å². The van der Waals surface area contributed by atoms with E-state index in [9.17, 15) is 18.0 Å². The van der Waals surface area contributed by atoms with Crippen LogP contribution in [-0.2, 0) is 32.4 Å². The molecular weight excluding hydrogens is 524 g/mol. The van der Waals surface area contributed by atoms with Gasteiger partial charge in [0.05, 0.1) is 35.4 Å². The fourth-order valence-electron chi connectivity index (χ4n) is 4.11. The van der Waals surface area contributed by atoms with Crippen LogP contribution >= 0.6 is 22.9 Å². The van der Waals surface area contributed by atoms with Gasteiger partial charge in [-0.15, -0.1) is 11.3 Å². The Kier molecular flexibility index (Phi) is 7.87. The second kappa shape index (κ2) is 10.9. The SMILES string of the molecule is COC(=O)c1c(NC(=O)CN(c2ccc(OC)c(Cl)c2)S(=O)(=O)c2ccccc2)sc2c1CCCC2. The van der Waals surface area contributed by atoms with E-state index in [4.69, 9.17) is 21.1 Å². The molecule has 0 bridgehead atoms. The molecule has 1 aliphatic carbocycles. The average Bonchev–Trinajstić information content (AvgIpc) is 3.24. The van der Waals surface area contributed by atoms with Gasteiger partial charge >= 0.3 is 5.97 Å². The molecule has 36 heavy (non-hydrogen) atoms. The molecule has 0 unspecified atom stereocenters. The number of carbonyl (C=O) groups is 2. The first-order valence-electron chi connectivity index (χ1n) is 11.2. The maximum absolute atomic E-state index is 13.6. The topological polar surface area (TPSA) is 102 Å². The van der Waals surface area contributed by atoms with Gasteiger partial charge in [-0.3, -0.25) is 9.10 Å². The number of nitrogens with zero attached hydrogens (tertiary/aromatic N) is 1. The number of halogens is 1. The van der Waals surface area contributed by atoms with Crippen molar-refractivity contribution in [1.29, 1.82) is 0 Å². The largest absolute Gasteiger partial charge is 0.495 e. The third-order valence-electron chi connectivity index (χ3n) is 5.86. The Morgan fingerprint density at radius 2 is 1.81 bits per heavy atom. The molecule has 8 nitrogen and oxygen atoms in total. The van der Waals surface area contributed by atoms with Gasteiger partial charge < -0.3 is 14.8 Å². The smallest absolute Gasteiger partial charge is 0.341 e. The van der Waals surface area contributed by atoms with Crippen LogP contribution in [0.4, 0.5) is 10.7 Å². The molecule has 1 heterocycles. The highest BCUT2D eigenvalue weighted by molar-refractivity contribution is 7.92. The highest BCUT2D eigenvalue weighted by Crippen LogP contribution is 2.39. The molecule has 0 radical (unpaired) electrons. The molecule has 0 fully saturated rings. The molecule has 3 aromatic rings. The summed E-state index contributed by atoms with van der Waals surface area (Å²) in [6.45, 7) is -0.539. The Bertz CT molecular complexity index is 1390. The number of amides is 1. The van der Waals surface area contributed by atoms with E-state index in [-0.39, 0.29) is 15.6 Å². The first kappa shape index (κ1) is 26.0. The maximum Gasteiger partial charge on any atom is 0.341 e. The Morgan fingerprint density at radius 1 is 1.08 bits per heavy atom. The number of thiophene rings is 1. The molecule has 0 atom stereocenters. The van der Waals surface area contributed by atoms with Gasteiger partial charge in [0.2, 0.25) is 5.91 Å². The Balaban J connectivity index is 1.69. The number of methoxy groups -OCH3 is 2. The lowest BCUT2D eigenvalue weighted by molar-refractivity contribution is -0.114. The zero-order chi connectivity index (χ0) is 25.9. The van der Waals surface area contributed by atoms with Crippen LogP contribution in [-0.4, -0.2) is 41.1 Å². The number of hydrogen-bond donors (Lipinski definition) is 1. The number of benzene rings is 2. The van der Waals surface area contributed by atoms with Gasteiger partial charge in [0.15, 0.2) is 0 Å². The van der Waals surface area contributed by atoms with Crippen LogP contribution in [0.3, 0.4) is 0 Å². The average molecular weight is 549 g/mol. The Labute approximate surface area is 218 Å². The fourth-order valence-corrected chi connectivity index (χ4v) is 7.09. The third kappa shape index (κ3) is 5.21. The lowest BCUT2D eigenvalue weighted by Crippen LogP contribution is -2.38. The van der Waals surface area contributed by atoms with Gasteiger partial charge in [0.25, 0.3) is 10.0 Å². The van der Waals surface area contributed by atoms with Crippen LogP contribution in [0, 0.1) is 0 Å². The summed E-state index contributed by atoms with van der Waals surface area (Å²) in [7, 11) is -1.38. The number of nitrogens with one attached hydrogen (secondary N) is 1. The van der Waals surface area contributed by atoms with Crippen LogP contribution in [0.2, 0.25) is 5.02 Å². The van der Waals surface area contributed by atoms with Gasteiger partial charge in [-0.1, -0.05) is 29.8 Å². The second-order valence-electron chi connectivity index (χ2n) is 8.10. The Morgan fingerprint density at radius 3 is 2.47 bits per heavy atom. The molecular formula is C25H25ClN2O6S2. The van der Waals surface area contributed by atoms with E-state index in [1.54, 1.807) is 18.2 Å². The normalized spacial score (nSPS) is 13.0. The summed E-state index contributed by atoms with van der Waals surface area (Å²) in [4.78, 5) is 26.8. The van der Waals surface area contributed by atoms with Crippen LogP contribution < -0.4 is 14.4 Å². The molecule has 0 saturated heterocycles. The van der Waals surface area contributed by atoms with E-state index in [1.807, 2.05) is 0 Å². The summed E-state index contributed by atoms with van der Waals surface area (Å²) in [6.07, 6.45) is 3.50. The quantitative estimate of drug-likeness (QED) is 0.401. The molecule has 0 aliphatic heterocycles. The molecule has 1 amide bonds. The number of rotatable bonds is 8. The predicted octanol–water partition coefficient (Wildman–Crippen LogP) is 4.91. The molecule has 0 spiro atoms. The zero-order valence-corrected chi connectivity index (χ0v) is 22.1. The summed E-state index contributed by atoms with van der Waals surface area (Å²) in [6, 6.07) is 12.3. The van der Waals surface area contributed by atoms with Crippen molar-refractivity contribution in [2.45, 2.75) is 30.6 Å². The van der Waals surface area contributed by atoms with Crippen molar-refractivity contribution in [2.75, 3.05) is 30.4 Å². The van der Waals surface area contributed by atoms with Crippen molar-refractivity contribution >= 4 is 55.5 Å². The lowest BCUT2D eigenvalue weighted by Gasteiger charge is -2.24. The van der Waals surface area contributed by atoms with Gasteiger partial charge in [-0.2, -0.15) is 0 Å². The van der Waals surface area contributed by atoms with E-state index < -0.39 is 28.4 Å². The van der Waals surface area contributed by atoms with Crippen molar-refractivity contribution in [2.24, 2.45) is 0 Å². The first-order valence-corrected chi connectivity index (χ1v) is 13.8.